The smallest absolute Gasteiger partial charge is 0.159 e. The van der Waals surface area contributed by atoms with E-state index >= 15 is 0 Å². The summed E-state index contributed by atoms with van der Waals surface area (Å²) in [6.07, 6.45) is 14.8. The molecule has 0 radical (unpaired) electrons. The molecule has 1 unspecified atom stereocenters. The zero-order valence-corrected chi connectivity index (χ0v) is 34.2. The monoisotopic (exact) mass is 798 g/mol. The van der Waals surface area contributed by atoms with Crippen LogP contribution in [0.4, 0.5) is 28.4 Å². The molecule has 0 aliphatic heterocycles. The first-order chi connectivity index (χ1) is 30.8. The topological polar surface area (TPSA) is 32.8 Å². The average molecular weight is 799 g/mol. The lowest BCUT2D eigenvalue weighted by Gasteiger charge is -2.35. The van der Waals surface area contributed by atoms with Crippen molar-refractivity contribution >= 4 is 105 Å². The molecule has 1 atom stereocenters. The van der Waals surface area contributed by atoms with Crippen LogP contribution in [0.15, 0.2) is 185 Å². The van der Waals surface area contributed by atoms with Crippen LogP contribution in [0.3, 0.4) is 0 Å². The van der Waals surface area contributed by atoms with Gasteiger partial charge in [0, 0.05) is 38.0 Å². The highest BCUT2D eigenvalue weighted by atomic mass is 16.3. The fourth-order valence-corrected chi connectivity index (χ4v) is 10.9. The third-order valence-electron chi connectivity index (χ3n) is 14.0. The Kier molecular flexibility index (Phi) is 7.27. The first-order valence-electron chi connectivity index (χ1n) is 22.3. The van der Waals surface area contributed by atoms with E-state index in [0.717, 1.165) is 67.4 Å². The summed E-state index contributed by atoms with van der Waals surface area (Å²) in [7, 11) is 0. The van der Waals surface area contributed by atoms with Gasteiger partial charge in [-0.2, -0.15) is 0 Å². The zero-order chi connectivity index (χ0) is 40.5. The summed E-state index contributed by atoms with van der Waals surface area (Å²) in [5, 5.41) is 12.6. The molecule has 4 heteroatoms. The van der Waals surface area contributed by atoms with Crippen molar-refractivity contribution < 1.29 is 8.83 Å². The van der Waals surface area contributed by atoms with Gasteiger partial charge in [-0.15, -0.1) is 0 Å². The molecule has 0 bridgehead atoms. The van der Waals surface area contributed by atoms with Gasteiger partial charge in [0.1, 0.15) is 11.2 Å². The van der Waals surface area contributed by atoms with Crippen LogP contribution in [-0.2, 0) is 0 Å². The van der Waals surface area contributed by atoms with Crippen molar-refractivity contribution in [2.24, 2.45) is 0 Å². The maximum Gasteiger partial charge on any atom is 0.159 e. The molecule has 14 rings (SSSR count). The lowest BCUT2D eigenvalue weighted by atomic mass is 9.85. The Labute approximate surface area is 358 Å². The maximum absolute atomic E-state index is 6.82. The molecule has 2 fully saturated rings. The molecule has 2 saturated carbocycles. The van der Waals surface area contributed by atoms with Gasteiger partial charge in [0.25, 0.3) is 0 Å². The lowest BCUT2D eigenvalue weighted by molar-refractivity contribution is 0.664. The van der Waals surface area contributed by atoms with Crippen LogP contribution in [0.25, 0.3) is 76.2 Å². The second-order valence-corrected chi connectivity index (χ2v) is 17.8. The molecular formula is C58H42N2O2. The summed E-state index contributed by atoms with van der Waals surface area (Å²) in [6.45, 7) is 0. The number of rotatable bonds is 8. The number of hydrogen-bond acceptors (Lipinski definition) is 4. The van der Waals surface area contributed by atoms with Gasteiger partial charge in [-0.1, -0.05) is 127 Å². The van der Waals surface area contributed by atoms with E-state index in [0.29, 0.717) is 11.8 Å². The van der Waals surface area contributed by atoms with Gasteiger partial charge in [-0.05, 0) is 125 Å². The van der Waals surface area contributed by atoms with Crippen molar-refractivity contribution in [3.63, 3.8) is 0 Å². The molecule has 62 heavy (non-hydrogen) atoms. The molecule has 0 saturated heterocycles. The number of nitrogens with zero attached hydrogens (tertiary/aromatic N) is 2. The minimum absolute atomic E-state index is 0.111. The van der Waals surface area contributed by atoms with Crippen molar-refractivity contribution in [3.8, 4) is 0 Å². The highest BCUT2D eigenvalue weighted by Crippen LogP contribution is 2.56. The van der Waals surface area contributed by atoms with E-state index in [4.69, 9.17) is 8.83 Å². The molecule has 0 spiro atoms. The summed E-state index contributed by atoms with van der Waals surface area (Å²) in [5.41, 5.74) is 12.3. The molecule has 296 valence electrons. The third kappa shape index (κ3) is 5.07. The molecule has 11 aromatic rings. The summed E-state index contributed by atoms with van der Waals surface area (Å²) >= 11 is 0. The summed E-state index contributed by atoms with van der Waals surface area (Å²) in [5.74, 6) is 1.07. The van der Waals surface area contributed by atoms with Gasteiger partial charge in [-0.3, -0.25) is 0 Å². The van der Waals surface area contributed by atoms with Crippen molar-refractivity contribution in [2.75, 3.05) is 9.80 Å². The van der Waals surface area contributed by atoms with E-state index < -0.39 is 0 Å². The Morgan fingerprint density at radius 1 is 0.419 bits per heavy atom. The minimum Gasteiger partial charge on any atom is -0.454 e. The highest BCUT2D eigenvalue weighted by Gasteiger charge is 2.34. The number of anilines is 5. The minimum atomic E-state index is 0.111. The second-order valence-electron chi connectivity index (χ2n) is 17.8. The van der Waals surface area contributed by atoms with Crippen molar-refractivity contribution in [3.05, 3.63) is 187 Å². The predicted octanol–water partition coefficient (Wildman–Crippen LogP) is 16.6. The third-order valence-corrected chi connectivity index (χ3v) is 14.0. The highest BCUT2D eigenvalue weighted by molar-refractivity contribution is 6.30. The van der Waals surface area contributed by atoms with Crippen LogP contribution in [0.5, 0.6) is 0 Å². The number of fused-ring (bicyclic) bond motifs is 6. The van der Waals surface area contributed by atoms with E-state index in [9.17, 15) is 0 Å². The van der Waals surface area contributed by atoms with E-state index in [1.807, 2.05) is 0 Å². The normalized spacial score (nSPS) is 16.6. The number of para-hydroxylation sites is 5. The Morgan fingerprint density at radius 2 is 0.952 bits per heavy atom. The fourth-order valence-electron chi connectivity index (χ4n) is 10.9. The first-order valence-corrected chi connectivity index (χ1v) is 22.3. The Hall–Kier alpha value is -7.30. The van der Waals surface area contributed by atoms with Crippen LogP contribution in [-0.4, -0.2) is 6.04 Å². The SMILES string of the molecule is C1=CCC(N(c2cc(C3CC3)c3ccc4c(N(c5ccccc5)c5cccc6c5oc5ccccc56)cc(C5CC5)c5ccc2c3c54)c2cccc3c2oc2ccccc23)C=C1. The predicted molar refractivity (Wildman–Crippen MR) is 259 cm³/mol. The molecule has 9 aromatic carbocycles. The molecular weight excluding hydrogens is 757 g/mol. The molecule has 3 aliphatic carbocycles. The summed E-state index contributed by atoms with van der Waals surface area (Å²) < 4.78 is 13.6. The maximum atomic E-state index is 6.82. The number of furan rings is 2. The molecule has 2 aromatic heterocycles. The summed E-state index contributed by atoms with van der Waals surface area (Å²) in [4.78, 5) is 5.07. The lowest BCUT2D eigenvalue weighted by Crippen LogP contribution is -2.30. The first kappa shape index (κ1) is 34.4. The van der Waals surface area contributed by atoms with Crippen LogP contribution in [0.1, 0.15) is 55.1 Å². The van der Waals surface area contributed by atoms with Crippen molar-refractivity contribution in [1.82, 2.24) is 0 Å². The van der Waals surface area contributed by atoms with Crippen LogP contribution >= 0.6 is 0 Å². The molecule has 3 aliphatic rings. The van der Waals surface area contributed by atoms with Gasteiger partial charge in [0.05, 0.1) is 28.8 Å². The van der Waals surface area contributed by atoms with Crippen molar-refractivity contribution in [1.29, 1.82) is 0 Å². The second kappa shape index (κ2) is 13.1. The number of hydrogen-bond donors (Lipinski definition) is 0. The Bertz CT molecular complexity index is 3660. The van der Waals surface area contributed by atoms with Gasteiger partial charge < -0.3 is 18.6 Å². The van der Waals surface area contributed by atoms with Gasteiger partial charge in [0.15, 0.2) is 11.2 Å². The summed E-state index contributed by atoms with van der Waals surface area (Å²) in [6, 6.07) is 56.0. The van der Waals surface area contributed by atoms with E-state index in [-0.39, 0.29) is 6.04 Å². The van der Waals surface area contributed by atoms with E-state index in [1.165, 1.54) is 80.5 Å². The quantitative estimate of drug-likeness (QED) is 0.143. The largest absolute Gasteiger partial charge is 0.454 e. The molecule has 4 nitrogen and oxygen atoms in total. The van der Waals surface area contributed by atoms with Gasteiger partial charge >= 0.3 is 0 Å². The Morgan fingerprint density at radius 3 is 1.56 bits per heavy atom. The van der Waals surface area contributed by atoms with Crippen LogP contribution in [0, 0.1) is 0 Å². The molecule has 0 amide bonds. The standard InChI is InChI=1S/C58H42N2O2/c1-3-13-37(14-4-1)59(49-21-11-19-43-39-17-7-9-23-53(39)61-57(43)49)51-33-47(35-25-26-35)41-30-32-46-52(34-48(36-27-28-36)42-29-31-45(51)55(41)56(42)46)60(38-15-5-2-6-16-38)50-22-12-20-44-40-18-8-10-24-54(40)62-58(44)50/h1-15,17-24,29-36,38H,16,25-28H2. The molecule has 2 heterocycles. The van der Waals surface area contributed by atoms with Crippen molar-refractivity contribution in [2.45, 2.75) is 50.0 Å². The van der Waals surface area contributed by atoms with Gasteiger partial charge in [-0.25, -0.2) is 0 Å². The fraction of sp³-hybridized carbons (Fsp3) is 0.138. The van der Waals surface area contributed by atoms with E-state index in [2.05, 4.69) is 186 Å². The number of benzene rings is 9. The van der Waals surface area contributed by atoms with Gasteiger partial charge in [0.2, 0.25) is 0 Å². The average Bonchev–Trinajstić information content (AvgIpc) is 4.28. The Balaban J connectivity index is 1.09. The van der Waals surface area contributed by atoms with E-state index in [1.54, 1.807) is 0 Å². The van der Waals surface area contributed by atoms with Crippen LogP contribution in [0.2, 0.25) is 0 Å². The number of allylic oxidation sites excluding steroid dienone is 2. The zero-order valence-electron chi connectivity index (χ0n) is 34.2. The molecule has 0 N–H and O–H groups in total. The van der Waals surface area contributed by atoms with Crippen LogP contribution < -0.4 is 9.80 Å².